The predicted molar refractivity (Wildman–Crippen MR) is 127 cm³/mol. The number of aryl methyl sites for hydroxylation is 1. The Morgan fingerprint density at radius 1 is 0.938 bits per heavy atom. The maximum absolute atomic E-state index is 13.5. The first kappa shape index (κ1) is 19.8. The standard InChI is InChI=1S/C26H22N4O2/c1-18-11-13-20(14-12-18)28-23(31)16-30-22-10-6-5-9-21(22)24-25(30)26(32)29(17-27-24)15-19-7-3-2-4-8-19/h2-14,17H,15-16H2,1H3,(H,28,31). The van der Waals surface area contributed by atoms with Gasteiger partial charge in [0.05, 0.1) is 18.4 Å². The highest BCUT2D eigenvalue weighted by atomic mass is 16.2. The molecule has 5 aromatic rings. The molecule has 3 aromatic carbocycles. The first-order valence-corrected chi connectivity index (χ1v) is 10.5. The molecule has 0 fully saturated rings. The maximum atomic E-state index is 13.5. The summed E-state index contributed by atoms with van der Waals surface area (Å²) < 4.78 is 3.36. The van der Waals surface area contributed by atoms with Crippen LogP contribution in [0.15, 0.2) is 90.0 Å². The number of carbonyl (C=O) groups is 1. The van der Waals surface area contributed by atoms with Crippen LogP contribution in [0.4, 0.5) is 5.69 Å². The summed E-state index contributed by atoms with van der Waals surface area (Å²) in [5.74, 6) is -0.200. The zero-order chi connectivity index (χ0) is 22.1. The number of nitrogens with one attached hydrogen (secondary N) is 1. The summed E-state index contributed by atoms with van der Waals surface area (Å²) in [5.41, 5.74) is 4.54. The second-order valence-electron chi connectivity index (χ2n) is 7.88. The second kappa shape index (κ2) is 8.15. The molecule has 2 aromatic heterocycles. The van der Waals surface area contributed by atoms with Gasteiger partial charge in [0, 0.05) is 11.1 Å². The average molecular weight is 422 g/mol. The van der Waals surface area contributed by atoms with Crippen LogP contribution in [0.2, 0.25) is 0 Å². The van der Waals surface area contributed by atoms with Gasteiger partial charge in [-0.05, 0) is 30.7 Å². The molecule has 32 heavy (non-hydrogen) atoms. The molecule has 6 heteroatoms. The third-order valence-electron chi connectivity index (χ3n) is 5.57. The lowest BCUT2D eigenvalue weighted by Crippen LogP contribution is -2.25. The number of amides is 1. The Morgan fingerprint density at radius 2 is 1.66 bits per heavy atom. The molecule has 2 heterocycles. The number of fused-ring (bicyclic) bond motifs is 3. The Kier molecular flexibility index (Phi) is 5.03. The van der Waals surface area contributed by atoms with Crippen molar-refractivity contribution in [1.82, 2.24) is 14.1 Å². The minimum Gasteiger partial charge on any atom is -0.325 e. The molecule has 5 rings (SSSR count). The van der Waals surface area contributed by atoms with E-state index in [0.717, 1.165) is 27.7 Å². The number of para-hydroxylation sites is 1. The quantitative estimate of drug-likeness (QED) is 0.458. The van der Waals surface area contributed by atoms with Crippen molar-refractivity contribution < 1.29 is 4.79 Å². The van der Waals surface area contributed by atoms with Crippen molar-refractivity contribution >= 4 is 33.5 Å². The van der Waals surface area contributed by atoms with Crippen LogP contribution in [-0.2, 0) is 17.9 Å². The molecule has 0 saturated heterocycles. The lowest BCUT2D eigenvalue weighted by molar-refractivity contribution is -0.116. The molecule has 1 N–H and O–H groups in total. The summed E-state index contributed by atoms with van der Waals surface area (Å²) in [6.07, 6.45) is 1.58. The van der Waals surface area contributed by atoms with E-state index in [0.29, 0.717) is 17.6 Å². The number of hydrogen-bond donors (Lipinski definition) is 1. The molecule has 0 atom stereocenters. The Hall–Kier alpha value is -4.19. The Labute approximate surface area is 184 Å². The first-order chi connectivity index (χ1) is 15.6. The molecular weight excluding hydrogens is 400 g/mol. The van der Waals surface area contributed by atoms with E-state index in [1.807, 2.05) is 85.8 Å². The summed E-state index contributed by atoms with van der Waals surface area (Å²) >= 11 is 0. The van der Waals surface area contributed by atoms with Crippen molar-refractivity contribution in [3.63, 3.8) is 0 Å². The molecule has 6 nitrogen and oxygen atoms in total. The highest BCUT2D eigenvalue weighted by Crippen LogP contribution is 2.25. The van der Waals surface area contributed by atoms with E-state index in [1.54, 1.807) is 15.5 Å². The van der Waals surface area contributed by atoms with Gasteiger partial charge < -0.3 is 9.88 Å². The van der Waals surface area contributed by atoms with E-state index in [9.17, 15) is 9.59 Å². The predicted octanol–water partition coefficient (Wildman–Crippen LogP) is 4.35. The van der Waals surface area contributed by atoms with Gasteiger partial charge in [0.25, 0.3) is 5.56 Å². The molecule has 0 unspecified atom stereocenters. The van der Waals surface area contributed by atoms with Crippen LogP contribution in [0.5, 0.6) is 0 Å². The third kappa shape index (κ3) is 3.67. The number of aromatic nitrogens is 3. The molecule has 0 spiro atoms. The molecule has 158 valence electrons. The van der Waals surface area contributed by atoms with E-state index in [1.165, 1.54) is 0 Å². The highest BCUT2D eigenvalue weighted by molar-refractivity contribution is 6.06. The van der Waals surface area contributed by atoms with Gasteiger partial charge in [-0.2, -0.15) is 0 Å². The Bertz CT molecular complexity index is 1480. The van der Waals surface area contributed by atoms with Gasteiger partial charge in [0.1, 0.15) is 17.6 Å². The van der Waals surface area contributed by atoms with Gasteiger partial charge in [-0.15, -0.1) is 0 Å². The molecule has 0 bridgehead atoms. The zero-order valence-electron chi connectivity index (χ0n) is 17.7. The number of benzene rings is 3. The fraction of sp³-hybridized carbons (Fsp3) is 0.115. The van der Waals surface area contributed by atoms with Gasteiger partial charge in [0.2, 0.25) is 5.91 Å². The van der Waals surface area contributed by atoms with E-state index in [4.69, 9.17) is 0 Å². The van der Waals surface area contributed by atoms with Crippen molar-refractivity contribution in [2.75, 3.05) is 5.32 Å². The molecule has 0 aliphatic rings. The number of rotatable bonds is 5. The highest BCUT2D eigenvalue weighted by Gasteiger charge is 2.18. The van der Waals surface area contributed by atoms with Gasteiger partial charge in [-0.25, -0.2) is 4.98 Å². The van der Waals surface area contributed by atoms with Gasteiger partial charge in [-0.1, -0.05) is 66.2 Å². The first-order valence-electron chi connectivity index (χ1n) is 10.5. The van der Waals surface area contributed by atoms with Gasteiger partial charge in [-0.3, -0.25) is 14.2 Å². The Morgan fingerprint density at radius 3 is 2.44 bits per heavy atom. The molecule has 0 aliphatic carbocycles. The SMILES string of the molecule is Cc1ccc(NC(=O)Cn2c3ccccc3c3ncn(Cc4ccccc4)c(=O)c32)cc1. The summed E-state index contributed by atoms with van der Waals surface area (Å²) in [4.78, 5) is 30.9. The lowest BCUT2D eigenvalue weighted by atomic mass is 10.2. The third-order valence-corrected chi connectivity index (χ3v) is 5.57. The fourth-order valence-corrected chi connectivity index (χ4v) is 3.99. The molecule has 0 radical (unpaired) electrons. The molecule has 0 aliphatic heterocycles. The number of hydrogen-bond acceptors (Lipinski definition) is 3. The van der Waals surface area contributed by atoms with Crippen LogP contribution >= 0.6 is 0 Å². The Balaban J connectivity index is 1.58. The minimum absolute atomic E-state index is 0.0180. The fourth-order valence-electron chi connectivity index (χ4n) is 3.99. The van der Waals surface area contributed by atoms with Crippen molar-refractivity contribution in [1.29, 1.82) is 0 Å². The summed E-state index contributed by atoms with van der Waals surface area (Å²) in [6.45, 7) is 2.43. The molecule has 0 saturated carbocycles. The summed E-state index contributed by atoms with van der Waals surface area (Å²) in [6, 6.07) is 25.1. The number of anilines is 1. The number of nitrogens with zero attached hydrogens (tertiary/aromatic N) is 3. The van der Waals surface area contributed by atoms with Crippen LogP contribution in [0, 0.1) is 6.92 Å². The van der Waals surface area contributed by atoms with Gasteiger partial charge in [0.15, 0.2) is 0 Å². The van der Waals surface area contributed by atoms with E-state index in [2.05, 4.69) is 10.3 Å². The minimum atomic E-state index is -0.200. The number of carbonyl (C=O) groups excluding carboxylic acids is 1. The van der Waals surface area contributed by atoms with E-state index < -0.39 is 0 Å². The molecular formula is C26H22N4O2. The van der Waals surface area contributed by atoms with Crippen molar-refractivity contribution in [2.45, 2.75) is 20.0 Å². The lowest BCUT2D eigenvalue weighted by Gasteiger charge is -2.10. The smallest absolute Gasteiger partial charge is 0.278 e. The average Bonchev–Trinajstić information content (AvgIpc) is 3.12. The maximum Gasteiger partial charge on any atom is 0.278 e. The van der Waals surface area contributed by atoms with Crippen LogP contribution < -0.4 is 10.9 Å². The van der Waals surface area contributed by atoms with E-state index in [-0.39, 0.29) is 18.0 Å². The summed E-state index contributed by atoms with van der Waals surface area (Å²) in [7, 11) is 0. The second-order valence-corrected chi connectivity index (χ2v) is 7.88. The largest absolute Gasteiger partial charge is 0.325 e. The van der Waals surface area contributed by atoms with Crippen LogP contribution in [0.1, 0.15) is 11.1 Å². The van der Waals surface area contributed by atoms with Gasteiger partial charge >= 0.3 is 0 Å². The van der Waals surface area contributed by atoms with Crippen LogP contribution in [0.3, 0.4) is 0 Å². The van der Waals surface area contributed by atoms with Crippen LogP contribution in [-0.4, -0.2) is 20.0 Å². The summed E-state index contributed by atoms with van der Waals surface area (Å²) in [5, 5.41) is 3.78. The van der Waals surface area contributed by atoms with Crippen molar-refractivity contribution in [3.05, 3.63) is 107 Å². The zero-order valence-corrected chi connectivity index (χ0v) is 17.7. The van der Waals surface area contributed by atoms with Crippen molar-refractivity contribution in [3.8, 4) is 0 Å². The molecule has 1 amide bonds. The normalized spacial score (nSPS) is 11.2. The van der Waals surface area contributed by atoms with Crippen molar-refractivity contribution in [2.24, 2.45) is 0 Å². The van der Waals surface area contributed by atoms with E-state index >= 15 is 0 Å². The van der Waals surface area contributed by atoms with Crippen LogP contribution in [0.25, 0.3) is 21.9 Å². The topological polar surface area (TPSA) is 68.9 Å². The monoisotopic (exact) mass is 422 g/mol.